The van der Waals surface area contributed by atoms with Gasteiger partial charge in [0.25, 0.3) is 0 Å². The van der Waals surface area contributed by atoms with Crippen LogP contribution in [0.5, 0.6) is 0 Å². The number of carboxylic acid groups (broad SMARTS) is 1. The van der Waals surface area contributed by atoms with E-state index in [0.717, 1.165) is 18.8 Å². The van der Waals surface area contributed by atoms with Crippen LogP contribution in [0.4, 0.5) is 5.82 Å². The summed E-state index contributed by atoms with van der Waals surface area (Å²) < 4.78 is 1.50. The SMILES string of the molecule is Cc1nc2ccc(N3CC(C)CC(C(=O)O)C3)nn2n1. The van der Waals surface area contributed by atoms with Crippen LogP contribution < -0.4 is 4.90 Å². The minimum atomic E-state index is -0.737. The molecule has 2 atom stereocenters. The first-order valence-corrected chi connectivity index (χ1v) is 6.71. The fraction of sp³-hybridized carbons (Fsp3) is 0.538. The normalized spacial score (nSPS) is 23.2. The van der Waals surface area contributed by atoms with E-state index in [1.54, 1.807) is 0 Å². The molecule has 0 radical (unpaired) electrons. The minimum absolute atomic E-state index is 0.333. The first-order valence-electron chi connectivity index (χ1n) is 6.71. The van der Waals surface area contributed by atoms with Gasteiger partial charge in [0, 0.05) is 13.1 Å². The van der Waals surface area contributed by atoms with Crippen LogP contribution in [0.2, 0.25) is 0 Å². The van der Waals surface area contributed by atoms with Gasteiger partial charge in [0.1, 0.15) is 5.82 Å². The molecule has 3 heterocycles. The Morgan fingerprint density at radius 2 is 2.15 bits per heavy atom. The zero-order valence-electron chi connectivity index (χ0n) is 11.5. The third-order valence-electron chi connectivity index (χ3n) is 3.63. The molecule has 1 fully saturated rings. The average molecular weight is 275 g/mol. The molecule has 106 valence electrons. The Balaban J connectivity index is 1.90. The smallest absolute Gasteiger partial charge is 0.308 e. The van der Waals surface area contributed by atoms with Crippen LogP contribution in [0.3, 0.4) is 0 Å². The van der Waals surface area contributed by atoms with Gasteiger partial charge in [-0.2, -0.15) is 0 Å². The number of carboxylic acids is 1. The second-order valence-electron chi connectivity index (χ2n) is 5.48. The Morgan fingerprint density at radius 1 is 1.35 bits per heavy atom. The van der Waals surface area contributed by atoms with Crippen molar-refractivity contribution in [1.82, 2.24) is 19.8 Å². The number of fused-ring (bicyclic) bond motifs is 1. The summed E-state index contributed by atoms with van der Waals surface area (Å²) in [6.45, 7) is 5.19. The van der Waals surface area contributed by atoms with Gasteiger partial charge in [-0.25, -0.2) is 4.98 Å². The molecule has 7 nitrogen and oxygen atoms in total. The van der Waals surface area contributed by atoms with Crippen LogP contribution in [-0.2, 0) is 4.79 Å². The van der Waals surface area contributed by atoms with Gasteiger partial charge < -0.3 is 10.0 Å². The number of aliphatic carboxylic acids is 1. The number of aryl methyl sites for hydroxylation is 1. The van der Waals surface area contributed by atoms with Crippen LogP contribution in [0.15, 0.2) is 12.1 Å². The molecule has 0 bridgehead atoms. The second-order valence-corrected chi connectivity index (χ2v) is 5.48. The van der Waals surface area contributed by atoms with Crippen LogP contribution in [0.25, 0.3) is 5.65 Å². The maximum atomic E-state index is 11.2. The van der Waals surface area contributed by atoms with Crippen molar-refractivity contribution >= 4 is 17.4 Å². The number of hydrogen-bond acceptors (Lipinski definition) is 5. The number of nitrogens with zero attached hydrogens (tertiary/aromatic N) is 5. The summed E-state index contributed by atoms with van der Waals surface area (Å²) in [5.41, 5.74) is 0.700. The molecule has 1 aliphatic heterocycles. The molecule has 0 saturated carbocycles. The van der Waals surface area contributed by atoms with Gasteiger partial charge >= 0.3 is 5.97 Å². The Bertz CT molecular complexity index is 653. The molecular weight excluding hydrogens is 258 g/mol. The number of aromatic nitrogens is 4. The number of anilines is 1. The van der Waals surface area contributed by atoms with E-state index < -0.39 is 5.97 Å². The van der Waals surface area contributed by atoms with E-state index >= 15 is 0 Å². The summed E-state index contributed by atoms with van der Waals surface area (Å²) in [6.07, 6.45) is 0.719. The number of rotatable bonds is 2. The highest BCUT2D eigenvalue weighted by Crippen LogP contribution is 2.25. The zero-order valence-corrected chi connectivity index (χ0v) is 11.5. The van der Waals surface area contributed by atoms with Crippen LogP contribution in [-0.4, -0.2) is 44.0 Å². The largest absolute Gasteiger partial charge is 0.481 e. The highest BCUT2D eigenvalue weighted by molar-refractivity contribution is 5.71. The maximum Gasteiger partial charge on any atom is 0.308 e. The maximum absolute atomic E-state index is 11.2. The van der Waals surface area contributed by atoms with Gasteiger partial charge in [-0.15, -0.1) is 14.8 Å². The third-order valence-corrected chi connectivity index (χ3v) is 3.63. The van der Waals surface area contributed by atoms with E-state index in [4.69, 9.17) is 0 Å². The molecule has 0 amide bonds. The lowest BCUT2D eigenvalue weighted by atomic mass is 9.90. The molecule has 1 N–H and O–H groups in total. The summed E-state index contributed by atoms with van der Waals surface area (Å²) in [5, 5.41) is 17.8. The molecule has 2 aromatic heterocycles. The van der Waals surface area contributed by atoms with Crippen molar-refractivity contribution in [3.63, 3.8) is 0 Å². The lowest BCUT2D eigenvalue weighted by molar-refractivity contribution is -0.142. The van der Waals surface area contributed by atoms with Crippen molar-refractivity contribution in [3.05, 3.63) is 18.0 Å². The zero-order chi connectivity index (χ0) is 14.3. The highest BCUT2D eigenvalue weighted by Gasteiger charge is 2.30. The Hall–Kier alpha value is -2.18. The summed E-state index contributed by atoms with van der Waals surface area (Å²) in [5.74, 6) is 0.679. The predicted molar refractivity (Wildman–Crippen MR) is 72.6 cm³/mol. The molecule has 1 aliphatic rings. The van der Waals surface area contributed by atoms with Gasteiger partial charge in [0.2, 0.25) is 0 Å². The Kier molecular flexibility index (Phi) is 3.04. The minimum Gasteiger partial charge on any atom is -0.481 e. The van der Waals surface area contributed by atoms with Crippen LogP contribution in [0, 0.1) is 18.8 Å². The molecule has 1 saturated heterocycles. The Morgan fingerprint density at radius 3 is 2.90 bits per heavy atom. The summed E-state index contributed by atoms with van der Waals surface area (Å²) in [6, 6.07) is 3.73. The molecule has 3 rings (SSSR count). The predicted octanol–water partition coefficient (Wildman–Crippen LogP) is 0.980. The standard InChI is InChI=1S/C13H17N5O2/c1-8-5-10(13(19)20)7-17(6-8)12-4-3-11-14-9(2)15-18(11)16-12/h3-4,8,10H,5-7H2,1-2H3,(H,19,20). The van der Waals surface area contributed by atoms with Crippen molar-refractivity contribution in [2.24, 2.45) is 11.8 Å². The molecule has 0 aromatic carbocycles. The van der Waals surface area contributed by atoms with Gasteiger partial charge in [-0.1, -0.05) is 6.92 Å². The van der Waals surface area contributed by atoms with E-state index in [1.807, 2.05) is 24.0 Å². The highest BCUT2D eigenvalue weighted by atomic mass is 16.4. The monoisotopic (exact) mass is 275 g/mol. The number of piperidine rings is 1. The Labute approximate surface area is 116 Å². The number of hydrogen-bond donors (Lipinski definition) is 1. The van der Waals surface area contributed by atoms with Gasteiger partial charge in [0.05, 0.1) is 5.92 Å². The average Bonchev–Trinajstić information content (AvgIpc) is 2.76. The van der Waals surface area contributed by atoms with E-state index in [9.17, 15) is 9.90 Å². The fourth-order valence-electron chi connectivity index (χ4n) is 2.76. The van der Waals surface area contributed by atoms with Crippen LogP contribution in [0.1, 0.15) is 19.2 Å². The van der Waals surface area contributed by atoms with E-state index in [2.05, 4.69) is 22.1 Å². The van der Waals surface area contributed by atoms with Gasteiger partial charge in [-0.05, 0) is 31.4 Å². The molecule has 0 aliphatic carbocycles. The first kappa shape index (κ1) is 12.8. The summed E-state index contributed by atoms with van der Waals surface area (Å²) >= 11 is 0. The van der Waals surface area contributed by atoms with Crippen molar-refractivity contribution in [2.45, 2.75) is 20.3 Å². The second kappa shape index (κ2) is 4.73. The molecule has 2 aromatic rings. The van der Waals surface area contributed by atoms with Gasteiger partial charge in [0.15, 0.2) is 11.5 Å². The van der Waals surface area contributed by atoms with E-state index in [1.165, 1.54) is 4.63 Å². The van der Waals surface area contributed by atoms with Crippen molar-refractivity contribution in [3.8, 4) is 0 Å². The molecule has 20 heavy (non-hydrogen) atoms. The van der Waals surface area contributed by atoms with Crippen molar-refractivity contribution in [2.75, 3.05) is 18.0 Å². The quantitative estimate of drug-likeness (QED) is 0.879. The van der Waals surface area contributed by atoms with E-state index in [-0.39, 0.29) is 5.92 Å². The van der Waals surface area contributed by atoms with Crippen molar-refractivity contribution in [1.29, 1.82) is 0 Å². The first-order chi connectivity index (χ1) is 9.52. The third kappa shape index (κ3) is 2.31. The fourth-order valence-corrected chi connectivity index (χ4v) is 2.76. The van der Waals surface area contributed by atoms with Gasteiger partial charge in [-0.3, -0.25) is 4.79 Å². The number of carbonyl (C=O) groups is 1. The topological polar surface area (TPSA) is 83.6 Å². The summed E-state index contributed by atoms with van der Waals surface area (Å²) in [7, 11) is 0. The molecular formula is C13H17N5O2. The summed E-state index contributed by atoms with van der Waals surface area (Å²) in [4.78, 5) is 17.5. The lowest BCUT2D eigenvalue weighted by Crippen LogP contribution is -2.43. The molecule has 0 spiro atoms. The van der Waals surface area contributed by atoms with Crippen molar-refractivity contribution < 1.29 is 9.90 Å². The van der Waals surface area contributed by atoms with Crippen LogP contribution >= 0.6 is 0 Å². The lowest BCUT2D eigenvalue weighted by Gasteiger charge is -2.35. The van der Waals surface area contributed by atoms with E-state index in [0.29, 0.717) is 23.9 Å². The molecule has 2 unspecified atom stereocenters. The molecule has 7 heteroatoms.